The Morgan fingerprint density at radius 3 is 2.87 bits per heavy atom. The fraction of sp³-hybridized carbons (Fsp3) is 0.533. The normalized spacial score (nSPS) is 14.6. The Morgan fingerprint density at radius 2 is 2.17 bits per heavy atom. The summed E-state index contributed by atoms with van der Waals surface area (Å²) in [6, 6.07) is 5.37. The number of ether oxygens (including phenoxy) is 2. The summed E-state index contributed by atoms with van der Waals surface area (Å²) >= 11 is 0. The number of benzene rings is 1. The number of aryl methyl sites for hydroxylation is 1. The summed E-state index contributed by atoms with van der Waals surface area (Å²) < 4.78 is 59.3. The minimum absolute atomic E-state index is 0.174. The molecule has 0 saturated carbocycles. The maximum Gasteiger partial charge on any atom is 0.330 e. The van der Waals surface area contributed by atoms with Crippen molar-refractivity contribution < 1.29 is 31.8 Å². The van der Waals surface area contributed by atoms with Crippen LogP contribution in [-0.2, 0) is 9.53 Å². The van der Waals surface area contributed by atoms with Gasteiger partial charge in [-0.25, -0.2) is 8.78 Å². The number of carbonyl (C=O) groups excluding carboxylic acids is 1. The molecule has 0 unspecified atom stereocenters. The molecule has 2 rings (SSSR count). The van der Waals surface area contributed by atoms with Crippen LogP contribution in [0.3, 0.4) is 0 Å². The van der Waals surface area contributed by atoms with E-state index in [2.05, 4.69) is 4.74 Å². The number of halogens is 4. The molecule has 0 saturated heterocycles. The lowest BCUT2D eigenvalue weighted by atomic mass is 10.1. The van der Waals surface area contributed by atoms with Crippen molar-refractivity contribution in [2.75, 3.05) is 31.3 Å². The molecule has 4 nitrogen and oxygen atoms in total. The lowest BCUT2D eigenvalue weighted by Gasteiger charge is -2.30. The molecule has 0 aliphatic carbocycles. The zero-order valence-electron chi connectivity index (χ0n) is 12.5. The summed E-state index contributed by atoms with van der Waals surface area (Å²) in [6.45, 7) is 0.798. The number of amides is 1. The van der Waals surface area contributed by atoms with E-state index in [1.54, 1.807) is 12.1 Å². The fourth-order valence-corrected chi connectivity index (χ4v) is 2.15. The Kier molecular flexibility index (Phi) is 5.46. The molecule has 0 N–H and O–H groups in total. The number of alkyl halides is 4. The highest BCUT2D eigenvalue weighted by molar-refractivity contribution is 5.95. The molecule has 0 atom stereocenters. The van der Waals surface area contributed by atoms with Crippen LogP contribution < -0.4 is 9.64 Å². The predicted molar refractivity (Wildman–Crippen MR) is 75.4 cm³/mol. The summed E-state index contributed by atoms with van der Waals surface area (Å²) in [7, 11) is 0. The molecule has 0 fully saturated rings. The molecular formula is C15H17F4NO3. The maximum absolute atomic E-state index is 12.7. The van der Waals surface area contributed by atoms with Gasteiger partial charge in [0, 0.05) is 0 Å². The molecule has 128 valence electrons. The topological polar surface area (TPSA) is 38.8 Å². The van der Waals surface area contributed by atoms with Crippen molar-refractivity contribution >= 4 is 11.6 Å². The van der Waals surface area contributed by atoms with Crippen molar-refractivity contribution in [2.24, 2.45) is 0 Å². The van der Waals surface area contributed by atoms with Gasteiger partial charge in [-0.3, -0.25) is 4.79 Å². The number of hydrogen-bond donors (Lipinski definition) is 0. The highest BCUT2D eigenvalue weighted by Crippen LogP contribution is 2.32. The van der Waals surface area contributed by atoms with E-state index < -0.39 is 19.0 Å². The van der Waals surface area contributed by atoms with E-state index in [-0.39, 0.29) is 18.9 Å². The second kappa shape index (κ2) is 7.16. The van der Waals surface area contributed by atoms with Gasteiger partial charge in [0.25, 0.3) is 0 Å². The third-order valence-electron chi connectivity index (χ3n) is 3.35. The highest BCUT2D eigenvalue weighted by atomic mass is 19.3. The first-order valence-electron chi connectivity index (χ1n) is 7.09. The first-order valence-corrected chi connectivity index (χ1v) is 7.09. The Hall–Kier alpha value is -1.83. The van der Waals surface area contributed by atoms with Gasteiger partial charge >= 0.3 is 12.3 Å². The zero-order valence-corrected chi connectivity index (χ0v) is 12.5. The van der Waals surface area contributed by atoms with Crippen LogP contribution in [0.4, 0.5) is 23.2 Å². The third-order valence-corrected chi connectivity index (χ3v) is 3.35. The molecular weight excluding hydrogens is 318 g/mol. The molecule has 0 spiro atoms. The monoisotopic (exact) mass is 335 g/mol. The van der Waals surface area contributed by atoms with Gasteiger partial charge in [-0.15, -0.1) is 0 Å². The van der Waals surface area contributed by atoms with Crippen molar-refractivity contribution in [3.63, 3.8) is 0 Å². The van der Waals surface area contributed by atoms with E-state index in [4.69, 9.17) is 4.74 Å². The largest absolute Gasteiger partial charge is 0.490 e. The second-order valence-corrected chi connectivity index (χ2v) is 5.23. The standard InChI is InChI=1S/C15H17F4NO3/c1-10-2-3-11-12(8-10)23-7-5-20(11)13(21)4-6-22-9-15(18,19)14(16)17/h2-3,8,14H,4-7,9H2,1H3. The molecule has 1 aliphatic rings. The van der Waals surface area contributed by atoms with Crippen molar-refractivity contribution in [2.45, 2.75) is 25.7 Å². The average molecular weight is 335 g/mol. The van der Waals surface area contributed by atoms with Crippen LogP contribution in [-0.4, -0.2) is 44.6 Å². The molecule has 8 heteroatoms. The Labute approximate surface area is 131 Å². The van der Waals surface area contributed by atoms with Crippen LogP contribution in [0.5, 0.6) is 5.75 Å². The fourth-order valence-electron chi connectivity index (χ4n) is 2.15. The van der Waals surface area contributed by atoms with E-state index in [1.807, 2.05) is 13.0 Å². The van der Waals surface area contributed by atoms with Gasteiger partial charge in [0.2, 0.25) is 5.91 Å². The third kappa shape index (κ3) is 4.34. The highest BCUT2D eigenvalue weighted by Gasteiger charge is 2.41. The van der Waals surface area contributed by atoms with Crippen LogP contribution >= 0.6 is 0 Å². The Bertz CT molecular complexity index is 566. The summed E-state index contributed by atoms with van der Waals surface area (Å²) in [5.74, 6) is -3.96. The van der Waals surface area contributed by atoms with Gasteiger partial charge in [0.15, 0.2) is 0 Å². The van der Waals surface area contributed by atoms with Crippen LogP contribution in [0.1, 0.15) is 12.0 Å². The summed E-state index contributed by atoms with van der Waals surface area (Å²) in [5, 5.41) is 0. The first kappa shape index (κ1) is 17.5. The van der Waals surface area contributed by atoms with E-state index >= 15 is 0 Å². The number of hydrogen-bond acceptors (Lipinski definition) is 3. The predicted octanol–water partition coefficient (Wildman–Crippen LogP) is 3.03. The lowest BCUT2D eigenvalue weighted by Crippen LogP contribution is -2.38. The maximum atomic E-state index is 12.7. The molecule has 1 heterocycles. The van der Waals surface area contributed by atoms with Crippen molar-refractivity contribution in [3.05, 3.63) is 23.8 Å². The SMILES string of the molecule is Cc1ccc2c(c1)OCCN2C(=O)CCOCC(F)(F)C(F)F. The molecule has 1 aromatic rings. The quantitative estimate of drug-likeness (QED) is 0.592. The van der Waals surface area contributed by atoms with Gasteiger partial charge in [-0.1, -0.05) is 6.07 Å². The molecule has 1 amide bonds. The smallest absolute Gasteiger partial charge is 0.330 e. The number of carbonyl (C=O) groups is 1. The molecule has 1 aliphatic heterocycles. The van der Waals surface area contributed by atoms with E-state index in [0.29, 0.717) is 24.6 Å². The molecule has 0 aromatic heterocycles. The number of fused-ring (bicyclic) bond motifs is 1. The lowest BCUT2D eigenvalue weighted by molar-refractivity contribution is -0.166. The molecule has 1 aromatic carbocycles. The van der Waals surface area contributed by atoms with Crippen molar-refractivity contribution in [1.29, 1.82) is 0 Å². The van der Waals surface area contributed by atoms with Gasteiger partial charge in [-0.2, -0.15) is 8.78 Å². The first-order chi connectivity index (χ1) is 10.8. The van der Waals surface area contributed by atoms with E-state index in [0.717, 1.165) is 5.56 Å². The number of anilines is 1. The zero-order chi connectivity index (χ0) is 17.0. The van der Waals surface area contributed by atoms with Gasteiger partial charge in [-0.05, 0) is 24.6 Å². The van der Waals surface area contributed by atoms with Crippen LogP contribution in [0, 0.1) is 6.92 Å². The van der Waals surface area contributed by atoms with E-state index in [9.17, 15) is 22.4 Å². The van der Waals surface area contributed by atoms with Crippen molar-refractivity contribution in [1.82, 2.24) is 0 Å². The van der Waals surface area contributed by atoms with Crippen LogP contribution in [0.2, 0.25) is 0 Å². The Balaban J connectivity index is 1.88. The van der Waals surface area contributed by atoms with Gasteiger partial charge in [0.05, 0.1) is 25.3 Å². The number of nitrogens with zero attached hydrogens (tertiary/aromatic N) is 1. The molecule has 0 radical (unpaired) electrons. The van der Waals surface area contributed by atoms with Crippen molar-refractivity contribution in [3.8, 4) is 5.75 Å². The summed E-state index contributed by atoms with van der Waals surface area (Å²) in [4.78, 5) is 13.6. The van der Waals surface area contributed by atoms with E-state index in [1.165, 1.54) is 4.90 Å². The number of rotatable bonds is 6. The second-order valence-electron chi connectivity index (χ2n) is 5.23. The van der Waals surface area contributed by atoms with Gasteiger partial charge < -0.3 is 14.4 Å². The minimum Gasteiger partial charge on any atom is -0.490 e. The summed E-state index contributed by atoms with van der Waals surface area (Å²) in [5.41, 5.74) is 1.58. The minimum atomic E-state index is -4.20. The molecule has 0 bridgehead atoms. The van der Waals surface area contributed by atoms with Crippen LogP contribution in [0.25, 0.3) is 0 Å². The van der Waals surface area contributed by atoms with Gasteiger partial charge in [0.1, 0.15) is 19.0 Å². The molecule has 23 heavy (non-hydrogen) atoms. The Morgan fingerprint density at radius 1 is 1.43 bits per heavy atom. The van der Waals surface area contributed by atoms with Crippen LogP contribution in [0.15, 0.2) is 18.2 Å². The summed E-state index contributed by atoms with van der Waals surface area (Å²) in [6.07, 6.45) is -3.96. The average Bonchev–Trinajstić information content (AvgIpc) is 2.50.